The van der Waals surface area contributed by atoms with E-state index >= 15 is 0 Å². The van der Waals surface area contributed by atoms with Crippen LogP contribution in [0.2, 0.25) is 0 Å². The molecule has 0 aliphatic heterocycles. The van der Waals surface area contributed by atoms with E-state index in [1.54, 1.807) is 20.8 Å². The molecule has 2 N–H and O–H groups in total. The molecule has 4 nitrogen and oxygen atoms in total. The molecule has 0 unspecified atom stereocenters. The fraction of sp³-hybridized carbons (Fsp3) is 0.417. The summed E-state index contributed by atoms with van der Waals surface area (Å²) in [7, 11) is 0. The summed E-state index contributed by atoms with van der Waals surface area (Å²) < 4.78 is 17.7. The Labute approximate surface area is 99.4 Å². The molecule has 17 heavy (non-hydrogen) atoms. The average Bonchev–Trinajstić information content (AvgIpc) is 2.13. The van der Waals surface area contributed by atoms with Crippen molar-refractivity contribution in [3.05, 3.63) is 29.6 Å². The van der Waals surface area contributed by atoms with Crippen LogP contribution in [0.5, 0.6) is 5.75 Å². The van der Waals surface area contributed by atoms with E-state index in [1.807, 2.05) is 0 Å². The van der Waals surface area contributed by atoms with Crippen LogP contribution in [0.15, 0.2) is 18.2 Å². The highest BCUT2D eigenvalue weighted by molar-refractivity contribution is 5.67. The van der Waals surface area contributed by atoms with Crippen LogP contribution in [-0.2, 0) is 11.3 Å². The van der Waals surface area contributed by atoms with Crippen molar-refractivity contribution >= 4 is 6.09 Å². The zero-order valence-corrected chi connectivity index (χ0v) is 10.1. The molecule has 0 atom stereocenters. The van der Waals surface area contributed by atoms with E-state index in [2.05, 4.69) is 5.32 Å². The normalized spacial score (nSPS) is 11.1. The maximum Gasteiger partial charge on any atom is 0.407 e. The molecule has 5 heteroatoms. The third-order valence-corrected chi connectivity index (χ3v) is 1.87. The predicted molar refractivity (Wildman–Crippen MR) is 61.1 cm³/mol. The molecule has 0 aliphatic carbocycles. The van der Waals surface area contributed by atoms with Gasteiger partial charge in [-0.25, -0.2) is 9.18 Å². The van der Waals surface area contributed by atoms with Gasteiger partial charge in [-0.05, 0) is 26.8 Å². The second kappa shape index (κ2) is 5.03. The molecule has 1 rings (SSSR count). The molecule has 1 aromatic rings. The topological polar surface area (TPSA) is 58.6 Å². The van der Waals surface area contributed by atoms with Crippen LogP contribution < -0.4 is 5.32 Å². The summed E-state index contributed by atoms with van der Waals surface area (Å²) in [5.74, 6) is -0.718. The van der Waals surface area contributed by atoms with Gasteiger partial charge in [0.05, 0.1) is 0 Å². The number of alkyl carbamates (subject to hydrolysis) is 1. The van der Waals surface area contributed by atoms with E-state index in [4.69, 9.17) is 4.74 Å². The second-order valence-corrected chi connectivity index (χ2v) is 4.63. The number of phenolic OH excluding ortho intramolecular Hbond substituents is 1. The maximum absolute atomic E-state index is 12.7. The van der Waals surface area contributed by atoms with Crippen molar-refractivity contribution in [1.29, 1.82) is 0 Å². The number of hydrogen-bond donors (Lipinski definition) is 2. The van der Waals surface area contributed by atoms with E-state index in [1.165, 1.54) is 12.1 Å². The molecule has 0 saturated carbocycles. The first-order chi connectivity index (χ1) is 7.78. The van der Waals surface area contributed by atoms with Crippen molar-refractivity contribution in [2.45, 2.75) is 32.9 Å². The zero-order chi connectivity index (χ0) is 13.1. The molecule has 0 aromatic heterocycles. The van der Waals surface area contributed by atoms with Crippen molar-refractivity contribution < 1.29 is 19.0 Å². The summed E-state index contributed by atoms with van der Waals surface area (Å²) in [6.07, 6.45) is -0.582. The van der Waals surface area contributed by atoms with Gasteiger partial charge < -0.3 is 15.2 Å². The number of benzene rings is 1. The molecule has 0 aliphatic rings. The lowest BCUT2D eigenvalue weighted by Gasteiger charge is -2.19. The Bertz CT molecular complexity index is 413. The fourth-order valence-corrected chi connectivity index (χ4v) is 1.17. The highest BCUT2D eigenvalue weighted by atomic mass is 19.1. The Kier molecular flexibility index (Phi) is 3.93. The number of halogens is 1. The second-order valence-electron chi connectivity index (χ2n) is 4.63. The van der Waals surface area contributed by atoms with Crippen molar-refractivity contribution in [1.82, 2.24) is 5.32 Å². The maximum atomic E-state index is 12.7. The van der Waals surface area contributed by atoms with E-state index in [0.29, 0.717) is 5.56 Å². The number of hydrogen-bond acceptors (Lipinski definition) is 3. The summed E-state index contributed by atoms with van der Waals surface area (Å²) in [5, 5.41) is 11.9. The lowest BCUT2D eigenvalue weighted by atomic mass is 10.2. The molecule has 1 aromatic carbocycles. The first-order valence-corrected chi connectivity index (χ1v) is 5.22. The molecule has 0 bridgehead atoms. The van der Waals surface area contributed by atoms with Crippen LogP contribution in [0.1, 0.15) is 26.3 Å². The smallest absolute Gasteiger partial charge is 0.407 e. The number of rotatable bonds is 2. The lowest BCUT2D eigenvalue weighted by Crippen LogP contribution is -2.32. The number of carbonyl (C=O) groups excluding carboxylic acids is 1. The largest absolute Gasteiger partial charge is 0.507 e. The molecular weight excluding hydrogens is 225 g/mol. The Morgan fingerprint density at radius 2 is 2.12 bits per heavy atom. The summed E-state index contributed by atoms with van der Waals surface area (Å²) in [4.78, 5) is 11.3. The zero-order valence-electron chi connectivity index (χ0n) is 10.1. The van der Waals surface area contributed by atoms with Gasteiger partial charge in [-0.15, -0.1) is 0 Å². The lowest BCUT2D eigenvalue weighted by molar-refractivity contribution is 0.0523. The number of ether oxygens (including phenoxy) is 1. The highest BCUT2D eigenvalue weighted by Gasteiger charge is 2.16. The van der Waals surface area contributed by atoms with E-state index in [9.17, 15) is 14.3 Å². The van der Waals surface area contributed by atoms with Gasteiger partial charge in [0.1, 0.15) is 17.2 Å². The Morgan fingerprint density at radius 1 is 1.47 bits per heavy atom. The van der Waals surface area contributed by atoms with Crippen LogP contribution in [0.3, 0.4) is 0 Å². The summed E-state index contributed by atoms with van der Waals surface area (Å²) >= 11 is 0. The van der Waals surface area contributed by atoms with Crippen LogP contribution in [0.4, 0.5) is 9.18 Å². The third-order valence-electron chi connectivity index (χ3n) is 1.87. The van der Waals surface area contributed by atoms with Gasteiger partial charge in [-0.1, -0.05) is 6.07 Å². The quantitative estimate of drug-likeness (QED) is 0.836. The minimum absolute atomic E-state index is 0.0844. The molecule has 0 radical (unpaired) electrons. The molecular formula is C12H16FNO3. The van der Waals surface area contributed by atoms with Gasteiger partial charge in [0, 0.05) is 18.2 Å². The molecule has 0 spiro atoms. The minimum Gasteiger partial charge on any atom is -0.507 e. The van der Waals surface area contributed by atoms with Crippen molar-refractivity contribution in [2.75, 3.05) is 0 Å². The first-order valence-electron chi connectivity index (χ1n) is 5.22. The standard InChI is InChI=1S/C12H16FNO3/c1-12(2,3)17-11(16)14-7-8-4-5-9(13)6-10(8)15/h4-6,15H,7H2,1-3H3,(H,14,16). The highest BCUT2D eigenvalue weighted by Crippen LogP contribution is 2.17. The van der Waals surface area contributed by atoms with Crippen LogP contribution in [0, 0.1) is 5.82 Å². The van der Waals surface area contributed by atoms with Gasteiger partial charge in [-0.3, -0.25) is 0 Å². The molecule has 1 amide bonds. The first kappa shape index (κ1) is 13.3. The number of carbonyl (C=O) groups is 1. The summed E-state index contributed by atoms with van der Waals surface area (Å²) in [6, 6.07) is 3.61. The predicted octanol–water partition coefficient (Wildman–Crippen LogP) is 2.56. The fourth-order valence-electron chi connectivity index (χ4n) is 1.17. The number of nitrogens with one attached hydrogen (secondary N) is 1. The van der Waals surface area contributed by atoms with Crippen LogP contribution in [-0.4, -0.2) is 16.8 Å². The minimum atomic E-state index is -0.582. The third kappa shape index (κ3) is 4.72. The Balaban J connectivity index is 2.53. The Hall–Kier alpha value is -1.78. The van der Waals surface area contributed by atoms with Gasteiger partial charge in [0.15, 0.2) is 0 Å². The number of amides is 1. The van der Waals surface area contributed by atoms with Crippen molar-refractivity contribution in [3.8, 4) is 5.75 Å². The molecule has 94 valence electrons. The van der Waals surface area contributed by atoms with E-state index in [0.717, 1.165) is 6.07 Å². The van der Waals surface area contributed by atoms with Crippen molar-refractivity contribution in [3.63, 3.8) is 0 Å². The van der Waals surface area contributed by atoms with Gasteiger partial charge in [0.2, 0.25) is 0 Å². The van der Waals surface area contributed by atoms with Gasteiger partial charge >= 0.3 is 6.09 Å². The van der Waals surface area contributed by atoms with E-state index in [-0.39, 0.29) is 12.3 Å². The Morgan fingerprint density at radius 3 is 2.65 bits per heavy atom. The van der Waals surface area contributed by atoms with Crippen LogP contribution >= 0.6 is 0 Å². The average molecular weight is 241 g/mol. The monoisotopic (exact) mass is 241 g/mol. The van der Waals surface area contributed by atoms with Crippen LogP contribution in [0.25, 0.3) is 0 Å². The number of phenols is 1. The molecule has 0 heterocycles. The summed E-state index contributed by atoms with van der Waals surface area (Å²) in [5.41, 5.74) is -0.146. The van der Waals surface area contributed by atoms with Crippen molar-refractivity contribution in [2.24, 2.45) is 0 Å². The van der Waals surface area contributed by atoms with E-state index < -0.39 is 17.5 Å². The molecule has 0 saturated heterocycles. The molecule has 0 fully saturated rings. The van der Waals surface area contributed by atoms with Gasteiger partial charge in [-0.2, -0.15) is 0 Å². The summed E-state index contributed by atoms with van der Waals surface area (Å²) in [6.45, 7) is 5.34. The number of aromatic hydroxyl groups is 1. The SMILES string of the molecule is CC(C)(C)OC(=O)NCc1ccc(F)cc1O. The van der Waals surface area contributed by atoms with Gasteiger partial charge in [0.25, 0.3) is 0 Å².